The van der Waals surface area contributed by atoms with Gasteiger partial charge < -0.3 is 4.90 Å². The Bertz CT molecular complexity index is 708. The molecule has 1 atom stereocenters. The Morgan fingerprint density at radius 2 is 1.79 bits per heavy atom. The van der Waals surface area contributed by atoms with Gasteiger partial charge in [-0.25, -0.2) is 12.8 Å². The Kier molecular flexibility index (Phi) is 4.69. The summed E-state index contributed by atoms with van der Waals surface area (Å²) in [5.41, 5.74) is 0.203. The molecule has 1 aromatic rings. The molecule has 1 aromatic carbocycles. The molecule has 2 fully saturated rings. The van der Waals surface area contributed by atoms with Gasteiger partial charge in [0.25, 0.3) is 0 Å². The van der Waals surface area contributed by atoms with E-state index in [0.717, 1.165) is 37.7 Å². The van der Waals surface area contributed by atoms with E-state index in [4.69, 9.17) is 0 Å². The first-order valence-corrected chi connectivity index (χ1v) is 10.4. The Morgan fingerprint density at radius 1 is 1.17 bits per heavy atom. The van der Waals surface area contributed by atoms with E-state index in [9.17, 15) is 17.6 Å². The molecule has 24 heavy (non-hydrogen) atoms. The molecular formula is C18H24FNO3S. The molecule has 1 aliphatic carbocycles. The van der Waals surface area contributed by atoms with Crippen molar-refractivity contribution in [3.63, 3.8) is 0 Å². The predicted molar refractivity (Wildman–Crippen MR) is 91.0 cm³/mol. The lowest BCUT2D eigenvalue weighted by Gasteiger charge is -2.40. The van der Waals surface area contributed by atoms with Crippen molar-refractivity contribution in [1.29, 1.82) is 0 Å². The van der Waals surface area contributed by atoms with Crippen LogP contribution < -0.4 is 0 Å². The molecule has 3 rings (SSSR count). The number of likely N-dealkylation sites (N-methyl/N-ethyl adjacent to an activating group) is 1. The molecule has 2 aliphatic rings. The van der Waals surface area contributed by atoms with Gasteiger partial charge in [0.15, 0.2) is 9.84 Å². The number of amides is 1. The van der Waals surface area contributed by atoms with Crippen LogP contribution in [0, 0.1) is 5.82 Å². The van der Waals surface area contributed by atoms with Gasteiger partial charge in [-0.05, 0) is 37.0 Å². The van der Waals surface area contributed by atoms with Crippen molar-refractivity contribution >= 4 is 15.7 Å². The Balaban J connectivity index is 1.91. The molecule has 132 valence electrons. The summed E-state index contributed by atoms with van der Waals surface area (Å²) in [5, 5.41) is 0. The van der Waals surface area contributed by atoms with Gasteiger partial charge in [0.2, 0.25) is 5.91 Å². The molecule has 0 bridgehead atoms. The molecular weight excluding hydrogens is 329 g/mol. The van der Waals surface area contributed by atoms with E-state index >= 15 is 0 Å². The van der Waals surface area contributed by atoms with Crippen LogP contribution in [0.5, 0.6) is 0 Å². The highest BCUT2D eigenvalue weighted by molar-refractivity contribution is 7.91. The van der Waals surface area contributed by atoms with Crippen molar-refractivity contribution in [3.05, 3.63) is 35.6 Å². The second-order valence-electron chi connectivity index (χ2n) is 7.12. The van der Waals surface area contributed by atoms with Gasteiger partial charge in [-0.1, -0.05) is 31.4 Å². The van der Waals surface area contributed by atoms with Crippen molar-refractivity contribution in [2.24, 2.45) is 0 Å². The fraction of sp³-hybridized carbons (Fsp3) is 0.611. The lowest BCUT2D eigenvalue weighted by molar-refractivity contribution is -0.139. The number of nitrogens with zero attached hydrogens (tertiary/aromatic N) is 1. The zero-order valence-corrected chi connectivity index (χ0v) is 14.8. The molecule has 1 unspecified atom stereocenters. The largest absolute Gasteiger partial charge is 0.341 e. The van der Waals surface area contributed by atoms with E-state index in [1.54, 1.807) is 24.1 Å². The van der Waals surface area contributed by atoms with E-state index in [1.807, 2.05) is 0 Å². The Morgan fingerprint density at radius 3 is 2.33 bits per heavy atom. The van der Waals surface area contributed by atoms with Crippen LogP contribution in [0.1, 0.15) is 44.1 Å². The number of hydrogen-bond acceptors (Lipinski definition) is 3. The molecule has 1 saturated heterocycles. The van der Waals surface area contributed by atoms with Crippen LogP contribution in [0.15, 0.2) is 24.3 Å². The Labute approximate surface area is 143 Å². The van der Waals surface area contributed by atoms with Gasteiger partial charge in [-0.15, -0.1) is 0 Å². The molecule has 1 heterocycles. The van der Waals surface area contributed by atoms with Crippen molar-refractivity contribution in [2.75, 3.05) is 18.6 Å². The number of sulfone groups is 1. The summed E-state index contributed by atoms with van der Waals surface area (Å²) < 4.78 is 36.8. The molecule has 0 N–H and O–H groups in total. The SMILES string of the molecule is CN(C(=O)C1(c2ccc(F)cc2)CCCCC1)C1CCS(=O)(=O)C1. The van der Waals surface area contributed by atoms with Crippen molar-refractivity contribution < 1.29 is 17.6 Å². The topological polar surface area (TPSA) is 54.5 Å². The summed E-state index contributed by atoms with van der Waals surface area (Å²) in [7, 11) is -1.32. The summed E-state index contributed by atoms with van der Waals surface area (Å²) in [5.74, 6) is -0.128. The van der Waals surface area contributed by atoms with E-state index < -0.39 is 15.3 Å². The smallest absolute Gasteiger partial charge is 0.233 e. The van der Waals surface area contributed by atoms with Crippen LogP contribution in [0.2, 0.25) is 0 Å². The summed E-state index contributed by atoms with van der Waals surface area (Å²) >= 11 is 0. The lowest BCUT2D eigenvalue weighted by atomic mass is 9.68. The van der Waals surface area contributed by atoms with Crippen LogP contribution in [0.3, 0.4) is 0 Å². The molecule has 0 radical (unpaired) electrons. The fourth-order valence-corrected chi connectivity index (χ4v) is 5.91. The minimum absolute atomic E-state index is 0.0177. The quantitative estimate of drug-likeness (QED) is 0.839. The summed E-state index contributed by atoms with van der Waals surface area (Å²) in [6, 6.07) is 5.97. The Hall–Kier alpha value is -1.43. The van der Waals surface area contributed by atoms with Gasteiger partial charge in [-0.2, -0.15) is 0 Å². The van der Waals surface area contributed by atoms with Crippen molar-refractivity contribution in [1.82, 2.24) is 4.90 Å². The van der Waals surface area contributed by atoms with Crippen LogP contribution in [0.4, 0.5) is 4.39 Å². The normalized spacial score (nSPS) is 25.3. The highest BCUT2D eigenvalue weighted by Gasteiger charge is 2.45. The van der Waals surface area contributed by atoms with Crippen LogP contribution >= 0.6 is 0 Å². The van der Waals surface area contributed by atoms with Crippen LogP contribution in [-0.2, 0) is 20.0 Å². The third-order valence-corrected chi connectivity index (χ3v) is 7.34. The lowest BCUT2D eigenvalue weighted by Crippen LogP contribution is -2.50. The first-order valence-electron chi connectivity index (χ1n) is 8.58. The first kappa shape index (κ1) is 17.4. The standard InChI is InChI=1S/C18H24FNO3S/c1-20(16-9-12-24(22,23)13-16)17(21)18(10-3-2-4-11-18)14-5-7-15(19)8-6-14/h5-8,16H,2-4,9-13H2,1H3. The average molecular weight is 353 g/mol. The predicted octanol–water partition coefficient (Wildman–Crippen LogP) is 2.67. The zero-order valence-electron chi connectivity index (χ0n) is 14.0. The monoisotopic (exact) mass is 353 g/mol. The fourth-order valence-electron chi connectivity index (χ4n) is 4.13. The highest BCUT2D eigenvalue weighted by atomic mass is 32.2. The minimum Gasteiger partial charge on any atom is -0.341 e. The van der Waals surface area contributed by atoms with Crippen LogP contribution in [0.25, 0.3) is 0 Å². The molecule has 4 nitrogen and oxygen atoms in total. The van der Waals surface area contributed by atoms with E-state index in [-0.39, 0.29) is 29.3 Å². The minimum atomic E-state index is -3.04. The number of benzene rings is 1. The summed E-state index contributed by atoms with van der Waals surface area (Å²) in [6.07, 6.45) is 4.99. The maximum absolute atomic E-state index is 13.3. The molecule has 1 saturated carbocycles. The van der Waals surface area contributed by atoms with Gasteiger partial charge in [0.1, 0.15) is 5.82 Å². The van der Waals surface area contributed by atoms with Gasteiger partial charge >= 0.3 is 0 Å². The van der Waals surface area contributed by atoms with Gasteiger partial charge in [-0.3, -0.25) is 4.79 Å². The van der Waals surface area contributed by atoms with Crippen molar-refractivity contribution in [2.45, 2.75) is 50.0 Å². The number of carbonyl (C=O) groups is 1. The molecule has 0 spiro atoms. The van der Waals surface area contributed by atoms with E-state index in [1.165, 1.54) is 12.1 Å². The molecule has 1 amide bonds. The third-order valence-electron chi connectivity index (χ3n) is 5.59. The zero-order chi connectivity index (χ0) is 17.4. The van der Waals surface area contributed by atoms with Gasteiger partial charge in [0.05, 0.1) is 16.9 Å². The summed E-state index contributed by atoms with van der Waals surface area (Å²) in [4.78, 5) is 15.0. The highest BCUT2D eigenvalue weighted by Crippen LogP contribution is 2.41. The second-order valence-corrected chi connectivity index (χ2v) is 9.35. The molecule has 6 heteroatoms. The number of rotatable bonds is 3. The van der Waals surface area contributed by atoms with Gasteiger partial charge in [0, 0.05) is 13.1 Å². The molecule has 0 aromatic heterocycles. The maximum Gasteiger partial charge on any atom is 0.233 e. The molecule has 1 aliphatic heterocycles. The first-order chi connectivity index (χ1) is 11.3. The van der Waals surface area contributed by atoms with E-state index in [2.05, 4.69) is 0 Å². The number of hydrogen-bond donors (Lipinski definition) is 0. The number of halogens is 1. The van der Waals surface area contributed by atoms with Crippen molar-refractivity contribution in [3.8, 4) is 0 Å². The van der Waals surface area contributed by atoms with Crippen LogP contribution in [-0.4, -0.2) is 43.8 Å². The number of carbonyl (C=O) groups excluding carboxylic acids is 1. The third kappa shape index (κ3) is 3.21. The maximum atomic E-state index is 13.3. The average Bonchev–Trinajstić information content (AvgIpc) is 2.94. The summed E-state index contributed by atoms with van der Waals surface area (Å²) in [6.45, 7) is 0. The second kappa shape index (κ2) is 6.47. The van der Waals surface area contributed by atoms with E-state index in [0.29, 0.717) is 6.42 Å².